The average molecular weight is 115 g/mol. The minimum atomic E-state index is 0.509. The zero-order chi connectivity index (χ0) is 5.98. The molecule has 0 aromatic rings. The van der Waals surface area contributed by atoms with Gasteiger partial charge in [-0.25, -0.2) is 0 Å². The summed E-state index contributed by atoms with van der Waals surface area (Å²) in [4.78, 5) is 0. The van der Waals surface area contributed by atoms with Crippen LogP contribution in [-0.2, 0) is 4.74 Å². The number of epoxide rings is 1. The van der Waals surface area contributed by atoms with Gasteiger partial charge in [-0.15, -0.1) is 0 Å². The van der Waals surface area contributed by atoms with Gasteiger partial charge in [-0.3, -0.25) is 0 Å². The third-order valence-corrected chi connectivity index (χ3v) is 1.44. The molecule has 1 heterocycles. The molecule has 0 spiro atoms. The highest BCUT2D eigenvalue weighted by atomic mass is 16.6. The molecule has 48 valence electrons. The zero-order valence-electron chi connectivity index (χ0n) is 5.48. The molecule has 1 N–H and O–H groups in total. The fourth-order valence-electron chi connectivity index (χ4n) is 0.798. The molecule has 0 aromatic heterocycles. The van der Waals surface area contributed by atoms with Gasteiger partial charge >= 0.3 is 0 Å². The number of hydrogen-bond acceptors (Lipinski definition) is 2. The van der Waals surface area contributed by atoms with Crippen LogP contribution in [0, 0.1) is 0 Å². The summed E-state index contributed by atoms with van der Waals surface area (Å²) in [6.07, 6.45) is 0.509. The monoisotopic (exact) mass is 115 g/mol. The first kappa shape index (κ1) is 6.05. The third kappa shape index (κ3) is 1.46. The van der Waals surface area contributed by atoms with Crippen LogP contribution in [0.5, 0.6) is 0 Å². The Labute approximate surface area is 50.2 Å². The van der Waals surface area contributed by atoms with Gasteiger partial charge < -0.3 is 10.1 Å². The number of nitrogens with one attached hydrogen (secondary N) is 1. The van der Waals surface area contributed by atoms with Gasteiger partial charge in [-0.1, -0.05) is 6.92 Å². The maximum Gasteiger partial charge on any atom is 0.0959 e. The van der Waals surface area contributed by atoms with E-state index in [0.29, 0.717) is 12.1 Å². The second kappa shape index (κ2) is 2.46. The topological polar surface area (TPSA) is 24.6 Å². The van der Waals surface area contributed by atoms with E-state index in [4.69, 9.17) is 4.74 Å². The van der Waals surface area contributed by atoms with Gasteiger partial charge in [0.1, 0.15) is 0 Å². The predicted octanol–water partition coefficient (Wildman–Crippen LogP) is 0.383. The van der Waals surface area contributed by atoms with Crippen molar-refractivity contribution in [3.8, 4) is 0 Å². The lowest BCUT2D eigenvalue weighted by Crippen LogP contribution is -2.30. The molecule has 2 nitrogen and oxygen atoms in total. The van der Waals surface area contributed by atoms with Crippen molar-refractivity contribution in [2.75, 3.05) is 13.2 Å². The molecule has 1 rings (SSSR count). The van der Waals surface area contributed by atoms with Crippen LogP contribution in [0.4, 0.5) is 0 Å². The molecule has 2 unspecified atom stereocenters. The van der Waals surface area contributed by atoms with Gasteiger partial charge in [0.05, 0.1) is 12.7 Å². The lowest BCUT2D eigenvalue weighted by atomic mass is 10.2. The fourth-order valence-corrected chi connectivity index (χ4v) is 0.798. The number of likely N-dealkylation sites (N-methyl/N-ethyl adjacent to an activating group) is 1. The zero-order valence-corrected chi connectivity index (χ0v) is 5.48. The molecular formula is C6H13NO. The summed E-state index contributed by atoms with van der Waals surface area (Å²) in [6.45, 7) is 6.26. The molecule has 8 heavy (non-hydrogen) atoms. The van der Waals surface area contributed by atoms with E-state index in [9.17, 15) is 0 Å². The van der Waals surface area contributed by atoms with E-state index in [0.717, 1.165) is 13.2 Å². The summed E-state index contributed by atoms with van der Waals surface area (Å²) < 4.78 is 5.06. The highest BCUT2D eigenvalue weighted by molar-refractivity contribution is 4.80. The van der Waals surface area contributed by atoms with Crippen molar-refractivity contribution in [2.45, 2.75) is 26.0 Å². The van der Waals surface area contributed by atoms with E-state index >= 15 is 0 Å². The van der Waals surface area contributed by atoms with Crippen molar-refractivity contribution in [3.05, 3.63) is 0 Å². The highest BCUT2D eigenvalue weighted by Crippen LogP contribution is 2.12. The highest BCUT2D eigenvalue weighted by Gasteiger charge is 2.28. The maximum atomic E-state index is 5.06. The van der Waals surface area contributed by atoms with Gasteiger partial charge in [0.15, 0.2) is 0 Å². The summed E-state index contributed by atoms with van der Waals surface area (Å²) in [7, 11) is 0. The molecule has 0 saturated carbocycles. The largest absolute Gasteiger partial charge is 0.371 e. The number of ether oxygens (including phenoxy) is 1. The summed E-state index contributed by atoms with van der Waals surface area (Å²) in [6, 6.07) is 0.556. The normalized spacial score (nSPS) is 30.0. The SMILES string of the molecule is CCNC(C)C1CO1. The van der Waals surface area contributed by atoms with Crippen molar-refractivity contribution in [1.82, 2.24) is 5.32 Å². The van der Waals surface area contributed by atoms with E-state index in [1.807, 2.05) is 0 Å². The van der Waals surface area contributed by atoms with Crippen molar-refractivity contribution >= 4 is 0 Å². The molecule has 1 saturated heterocycles. The van der Waals surface area contributed by atoms with Crippen molar-refractivity contribution < 1.29 is 4.74 Å². The van der Waals surface area contributed by atoms with E-state index in [-0.39, 0.29) is 0 Å². The van der Waals surface area contributed by atoms with Gasteiger partial charge in [-0.2, -0.15) is 0 Å². The van der Waals surface area contributed by atoms with Crippen molar-refractivity contribution in [2.24, 2.45) is 0 Å². The first-order valence-corrected chi connectivity index (χ1v) is 3.19. The molecular weight excluding hydrogens is 102 g/mol. The van der Waals surface area contributed by atoms with E-state index in [1.165, 1.54) is 0 Å². The molecule has 0 aliphatic carbocycles. The smallest absolute Gasteiger partial charge is 0.0959 e. The van der Waals surface area contributed by atoms with Crippen LogP contribution in [0.2, 0.25) is 0 Å². The third-order valence-electron chi connectivity index (χ3n) is 1.44. The van der Waals surface area contributed by atoms with Crippen LogP contribution < -0.4 is 5.32 Å². The first-order valence-electron chi connectivity index (χ1n) is 3.19. The lowest BCUT2D eigenvalue weighted by Gasteiger charge is -2.06. The summed E-state index contributed by atoms with van der Waals surface area (Å²) in [5, 5.41) is 3.28. The molecule has 0 bridgehead atoms. The quantitative estimate of drug-likeness (QED) is 0.538. The second-order valence-electron chi connectivity index (χ2n) is 2.22. The van der Waals surface area contributed by atoms with Crippen LogP contribution >= 0.6 is 0 Å². The summed E-state index contributed by atoms with van der Waals surface area (Å²) in [5.41, 5.74) is 0. The fraction of sp³-hybridized carbons (Fsp3) is 1.00. The van der Waals surface area contributed by atoms with E-state index in [1.54, 1.807) is 0 Å². The van der Waals surface area contributed by atoms with Gasteiger partial charge in [0, 0.05) is 6.04 Å². The van der Waals surface area contributed by atoms with Crippen LogP contribution in [-0.4, -0.2) is 25.3 Å². The molecule has 0 radical (unpaired) electrons. The molecule has 1 aliphatic heterocycles. The van der Waals surface area contributed by atoms with Crippen molar-refractivity contribution in [1.29, 1.82) is 0 Å². The Morgan fingerprint density at radius 3 is 2.88 bits per heavy atom. The number of hydrogen-bond donors (Lipinski definition) is 1. The second-order valence-corrected chi connectivity index (χ2v) is 2.22. The predicted molar refractivity (Wildman–Crippen MR) is 32.9 cm³/mol. The van der Waals surface area contributed by atoms with Gasteiger partial charge in [0.25, 0.3) is 0 Å². The minimum Gasteiger partial charge on any atom is -0.371 e. The van der Waals surface area contributed by atoms with Crippen LogP contribution in [0.1, 0.15) is 13.8 Å². The minimum absolute atomic E-state index is 0.509. The lowest BCUT2D eigenvalue weighted by molar-refractivity contribution is 0.355. The molecule has 2 heteroatoms. The number of rotatable bonds is 3. The molecule has 0 aromatic carbocycles. The molecule has 2 atom stereocenters. The van der Waals surface area contributed by atoms with Gasteiger partial charge in [-0.05, 0) is 13.5 Å². The van der Waals surface area contributed by atoms with Crippen LogP contribution in [0.15, 0.2) is 0 Å². The Kier molecular flexibility index (Phi) is 1.86. The van der Waals surface area contributed by atoms with Crippen LogP contribution in [0.3, 0.4) is 0 Å². The Bertz CT molecular complexity index is 70.9. The first-order chi connectivity index (χ1) is 3.84. The van der Waals surface area contributed by atoms with Gasteiger partial charge in [0.2, 0.25) is 0 Å². The molecule has 1 aliphatic rings. The van der Waals surface area contributed by atoms with Crippen LogP contribution in [0.25, 0.3) is 0 Å². The summed E-state index contributed by atoms with van der Waals surface area (Å²) >= 11 is 0. The van der Waals surface area contributed by atoms with E-state index < -0.39 is 0 Å². The van der Waals surface area contributed by atoms with E-state index in [2.05, 4.69) is 19.2 Å². The van der Waals surface area contributed by atoms with Crippen molar-refractivity contribution in [3.63, 3.8) is 0 Å². The molecule has 0 amide bonds. The Morgan fingerprint density at radius 2 is 2.50 bits per heavy atom. The molecule has 1 fully saturated rings. The Balaban J connectivity index is 2.03. The Hall–Kier alpha value is -0.0800. The Morgan fingerprint density at radius 1 is 1.88 bits per heavy atom. The average Bonchev–Trinajstić information content (AvgIpc) is 2.45. The standard InChI is InChI=1S/C6H13NO/c1-3-7-5(2)6-4-8-6/h5-7H,3-4H2,1-2H3. The summed E-state index contributed by atoms with van der Waals surface area (Å²) in [5.74, 6) is 0. The maximum absolute atomic E-state index is 5.06.